The van der Waals surface area contributed by atoms with Crippen LogP contribution in [0.2, 0.25) is 0 Å². The van der Waals surface area contributed by atoms with E-state index in [0.29, 0.717) is 0 Å². The van der Waals surface area contributed by atoms with E-state index < -0.39 is 5.54 Å². The Morgan fingerprint density at radius 2 is 1.03 bits per heavy atom. The lowest BCUT2D eigenvalue weighted by molar-refractivity contribution is 0.464. The summed E-state index contributed by atoms with van der Waals surface area (Å²) >= 11 is 0. The lowest BCUT2D eigenvalue weighted by Gasteiger charge is -2.37. The Kier molecular flexibility index (Phi) is 4.81. The van der Waals surface area contributed by atoms with Gasteiger partial charge in [-0.1, -0.05) is 91.0 Å². The summed E-state index contributed by atoms with van der Waals surface area (Å²) in [5.74, 6) is 0.937. The van der Waals surface area contributed by atoms with E-state index in [1.165, 1.54) is 0 Å². The first-order valence-corrected chi connectivity index (χ1v) is 10.2. The highest BCUT2D eigenvalue weighted by Gasteiger charge is 2.41. The first kappa shape index (κ1) is 18.8. The van der Waals surface area contributed by atoms with Crippen LogP contribution in [0.1, 0.15) is 16.7 Å². The van der Waals surface area contributed by atoms with Crippen LogP contribution in [0, 0.1) is 0 Å². The number of nitrogens with zero attached hydrogens (tertiary/aromatic N) is 3. The molecule has 0 amide bonds. The van der Waals surface area contributed by atoms with E-state index in [4.69, 9.17) is 5.10 Å². The predicted molar refractivity (Wildman–Crippen MR) is 122 cm³/mol. The third kappa shape index (κ3) is 3.19. The number of phenolic OH excluding ortho intramolecular Hbond substituents is 1. The molecule has 1 aromatic heterocycles. The molecular formula is C27H21N3O. The van der Waals surface area contributed by atoms with Crippen molar-refractivity contribution < 1.29 is 5.11 Å². The molecule has 5 aromatic rings. The van der Waals surface area contributed by atoms with E-state index in [2.05, 4.69) is 41.4 Å². The Labute approximate surface area is 181 Å². The normalized spacial score (nSPS) is 11.4. The molecule has 0 unspecified atom stereocenters. The Morgan fingerprint density at radius 3 is 1.48 bits per heavy atom. The molecule has 1 heterocycles. The summed E-state index contributed by atoms with van der Waals surface area (Å²) in [6.45, 7) is 0. The van der Waals surface area contributed by atoms with Gasteiger partial charge in [-0.25, -0.2) is 9.67 Å². The van der Waals surface area contributed by atoms with Gasteiger partial charge in [0.1, 0.15) is 17.6 Å². The maximum atomic E-state index is 9.77. The van der Waals surface area contributed by atoms with Crippen LogP contribution in [-0.4, -0.2) is 19.9 Å². The SMILES string of the molecule is Oc1ccc(-c2ncnn2C(c2ccccc2)(c2ccccc2)c2ccccc2)cc1. The molecule has 150 valence electrons. The predicted octanol–water partition coefficient (Wildman–Crippen LogP) is 5.49. The van der Waals surface area contributed by atoms with Crippen molar-refractivity contribution in [2.24, 2.45) is 0 Å². The van der Waals surface area contributed by atoms with Crippen molar-refractivity contribution in [1.29, 1.82) is 0 Å². The summed E-state index contributed by atoms with van der Waals surface area (Å²) in [6.07, 6.45) is 1.59. The minimum Gasteiger partial charge on any atom is -0.508 e. The van der Waals surface area contributed by atoms with Crippen molar-refractivity contribution in [3.8, 4) is 17.1 Å². The van der Waals surface area contributed by atoms with E-state index in [1.54, 1.807) is 18.5 Å². The Bertz CT molecular complexity index is 1170. The number of hydrogen-bond acceptors (Lipinski definition) is 3. The van der Waals surface area contributed by atoms with E-state index in [0.717, 1.165) is 28.1 Å². The summed E-state index contributed by atoms with van der Waals surface area (Å²) in [5, 5.41) is 14.5. The zero-order valence-corrected chi connectivity index (χ0v) is 16.8. The summed E-state index contributed by atoms with van der Waals surface area (Å²) < 4.78 is 1.99. The zero-order valence-electron chi connectivity index (χ0n) is 16.8. The van der Waals surface area contributed by atoms with Crippen LogP contribution in [0.25, 0.3) is 11.4 Å². The molecule has 0 saturated carbocycles. The zero-order chi connectivity index (χ0) is 21.1. The maximum absolute atomic E-state index is 9.77. The Balaban J connectivity index is 1.89. The second kappa shape index (κ2) is 7.92. The number of aromatic nitrogens is 3. The standard InChI is InChI=1S/C27H21N3O/c31-25-18-16-21(17-19-25)26-28-20-29-30(26)27(22-10-4-1-5-11-22,23-12-6-2-7-13-23)24-14-8-3-9-15-24/h1-20,31H. The molecule has 0 spiro atoms. The highest BCUT2D eigenvalue weighted by molar-refractivity contribution is 5.60. The third-order valence-electron chi connectivity index (χ3n) is 5.57. The van der Waals surface area contributed by atoms with Gasteiger partial charge in [0.15, 0.2) is 5.82 Å². The molecule has 0 aliphatic heterocycles. The molecule has 31 heavy (non-hydrogen) atoms. The number of benzene rings is 4. The second-order valence-corrected chi connectivity index (χ2v) is 7.35. The number of hydrogen-bond donors (Lipinski definition) is 1. The van der Waals surface area contributed by atoms with Gasteiger partial charge in [-0.05, 0) is 41.0 Å². The maximum Gasteiger partial charge on any atom is 0.159 e. The molecule has 4 nitrogen and oxygen atoms in total. The van der Waals surface area contributed by atoms with Gasteiger partial charge in [0.25, 0.3) is 0 Å². The van der Waals surface area contributed by atoms with Crippen molar-refractivity contribution in [1.82, 2.24) is 14.8 Å². The monoisotopic (exact) mass is 403 g/mol. The first-order chi connectivity index (χ1) is 15.3. The minimum absolute atomic E-state index is 0.218. The molecule has 4 aromatic carbocycles. The van der Waals surface area contributed by atoms with Crippen LogP contribution < -0.4 is 0 Å². The molecule has 0 aliphatic rings. The van der Waals surface area contributed by atoms with Gasteiger partial charge in [0, 0.05) is 5.56 Å². The smallest absolute Gasteiger partial charge is 0.159 e. The molecule has 0 saturated heterocycles. The fraction of sp³-hybridized carbons (Fsp3) is 0.0370. The average Bonchev–Trinajstić information content (AvgIpc) is 3.32. The lowest BCUT2D eigenvalue weighted by Crippen LogP contribution is -2.39. The fourth-order valence-electron chi connectivity index (χ4n) is 4.20. The van der Waals surface area contributed by atoms with Gasteiger partial charge in [0.05, 0.1) is 0 Å². The highest BCUT2D eigenvalue weighted by Crippen LogP contribution is 2.42. The van der Waals surface area contributed by atoms with Crippen LogP contribution in [0.3, 0.4) is 0 Å². The van der Waals surface area contributed by atoms with Gasteiger partial charge >= 0.3 is 0 Å². The van der Waals surface area contributed by atoms with Gasteiger partial charge < -0.3 is 5.11 Å². The summed E-state index contributed by atoms with van der Waals surface area (Å²) in [4.78, 5) is 4.63. The number of aromatic hydroxyl groups is 1. The molecular weight excluding hydrogens is 382 g/mol. The van der Waals surface area contributed by atoms with Gasteiger partial charge in [0.2, 0.25) is 0 Å². The Hall–Kier alpha value is -4.18. The average molecular weight is 403 g/mol. The third-order valence-corrected chi connectivity index (χ3v) is 5.57. The van der Waals surface area contributed by atoms with Gasteiger partial charge in [-0.15, -0.1) is 0 Å². The largest absolute Gasteiger partial charge is 0.508 e. The molecule has 4 heteroatoms. The van der Waals surface area contributed by atoms with Crippen LogP contribution in [0.5, 0.6) is 5.75 Å². The molecule has 1 N–H and O–H groups in total. The topological polar surface area (TPSA) is 50.9 Å². The molecule has 0 radical (unpaired) electrons. The number of rotatable bonds is 5. The van der Waals surface area contributed by atoms with Crippen molar-refractivity contribution in [2.75, 3.05) is 0 Å². The second-order valence-electron chi connectivity index (χ2n) is 7.35. The summed E-state index contributed by atoms with van der Waals surface area (Å²) in [5.41, 5.74) is 3.39. The highest BCUT2D eigenvalue weighted by atomic mass is 16.3. The van der Waals surface area contributed by atoms with E-state index in [9.17, 15) is 5.11 Å². The van der Waals surface area contributed by atoms with E-state index in [-0.39, 0.29) is 5.75 Å². The van der Waals surface area contributed by atoms with Crippen LogP contribution >= 0.6 is 0 Å². The number of phenols is 1. The molecule has 0 atom stereocenters. The summed E-state index contributed by atoms with van der Waals surface area (Å²) in [7, 11) is 0. The van der Waals surface area contributed by atoms with Crippen molar-refractivity contribution in [2.45, 2.75) is 5.54 Å². The molecule has 0 aliphatic carbocycles. The van der Waals surface area contributed by atoms with Crippen LogP contribution in [0.15, 0.2) is 122 Å². The van der Waals surface area contributed by atoms with Gasteiger partial charge in [-0.2, -0.15) is 5.10 Å². The van der Waals surface area contributed by atoms with Crippen LogP contribution in [-0.2, 0) is 5.54 Å². The summed E-state index contributed by atoms with van der Waals surface area (Å²) in [6, 6.07) is 38.2. The fourth-order valence-corrected chi connectivity index (χ4v) is 4.20. The van der Waals surface area contributed by atoms with E-state index >= 15 is 0 Å². The van der Waals surface area contributed by atoms with Crippen LogP contribution in [0.4, 0.5) is 0 Å². The van der Waals surface area contributed by atoms with Crippen molar-refractivity contribution >= 4 is 0 Å². The van der Waals surface area contributed by atoms with E-state index in [1.807, 2.05) is 71.4 Å². The minimum atomic E-state index is -0.729. The quantitative estimate of drug-likeness (QED) is 0.395. The molecule has 5 rings (SSSR count). The lowest BCUT2D eigenvalue weighted by atomic mass is 9.77. The van der Waals surface area contributed by atoms with Crippen molar-refractivity contribution in [3.05, 3.63) is 138 Å². The van der Waals surface area contributed by atoms with Gasteiger partial charge in [-0.3, -0.25) is 0 Å². The Morgan fingerprint density at radius 1 is 0.581 bits per heavy atom. The molecule has 0 fully saturated rings. The molecule has 0 bridgehead atoms. The first-order valence-electron chi connectivity index (χ1n) is 10.2. The van der Waals surface area contributed by atoms with Crippen molar-refractivity contribution in [3.63, 3.8) is 0 Å².